The fraction of sp³-hybridized carbons (Fsp3) is 0.458. The van der Waals surface area contributed by atoms with E-state index in [0.717, 1.165) is 60.2 Å². The van der Waals surface area contributed by atoms with Crippen LogP contribution in [0.5, 0.6) is 11.5 Å². The molecule has 348 valence electrons. The lowest BCUT2D eigenvalue weighted by Crippen LogP contribution is -2.39. The zero-order valence-corrected chi connectivity index (χ0v) is 38.3. The minimum atomic E-state index is -0.850. The molecule has 66 heavy (non-hydrogen) atoms. The maximum absolute atomic E-state index is 13.2. The van der Waals surface area contributed by atoms with E-state index >= 15 is 0 Å². The molecule has 0 spiro atoms. The Labute approximate surface area is 382 Å². The van der Waals surface area contributed by atoms with Gasteiger partial charge in [-0.05, 0) is 65.8 Å². The van der Waals surface area contributed by atoms with Gasteiger partial charge in [-0.3, -0.25) is 9.59 Å². The van der Waals surface area contributed by atoms with E-state index in [9.17, 15) is 19.8 Å². The van der Waals surface area contributed by atoms with Crippen LogP contribution in [-0.4, -0.2) is 126 Å². The zero-order valence-electron chi connectivity index (χ0n) is 38.3. The molecule has 6 aromatic rings. The summed E-state index contributed by atoms with van der Waals surface area (Å²) in [5.41, 5.74) is 4.32. The first-order valence-corrected chi connectivity index (χ1v) is 22.4. The van der Waals surface area contributed by atoms with Crippen LogP contribution < -0.4 is 29.9 Å². The number of fused-ring (bicyclic) bond motifs is 4. The monoisotopic (exact) mass is 902 g/mol. The summed E-state index contributed by atoms with van der Waals surface area (Å²) in [7, 11) is 0. The van der Waals surface area contributed by atoms with E-state index in [4.69, 9.17) is 18.9 Å². The predicted octanol–water partition coefficient (Wildman–Crippen LogP) is 5.35. The van der Waals surface area contributed by atoms with Gasteiger partial charge in [0.25, 0.3) is 11.8 Å². The molecule has 2 saturated heterocycles. The maximum atomic E-state index is 13.2. The van der Waals surface area contributed by atoms with Gasteiger partial charge in [-0.2, -0.15) is 10.2 Å². The van der Waals surface area contributed by atoms with Crippen LogP contribution in [0.25, 0.3) is 11.3 Å². The first-order valence-electron chi connectivity index (χ1n) is 22.4. The number of nitrogens with one attached hydrogen (secondary N) is 2. The minimum Gasteiger partial charge on any atom is -0.487 e. The van der Waals surface area contributed by atoms with E-state index in [1.807, 2.05) is 38.1 Å². The van der Waals surface area contributed by atoms with Crippen molar-refractivity contribution in [1.82, 2.24) is 29.2 Å². The van der Waals surface area contributed by atoms with E-state index in [1.54, 1.807) is 73.6 Å². The first kappa shape index (κ1) is 44.8. The Bertz CT molecular complexity index is 2580. The molecule has 8 heterocycles. The molecule has 2 aromatic carbocycles. The van der Waals surface area contributed by atoms with Crippen molar-refractivity contribution >= 4 is 45.9 Å². The van der Waals surface area contributed by atoms with Crippen molar-refractivity contribution in [1.29, 1.82) is 0 Å². The van der Waals surface area contributed by atoms with Crippen LogP contribution in [0.2, 0.25) is 0 Å². The van der Waals surface area contributed by atoms with Crippen LogP contribution in [0, 0.1) is 0 Å². The normalized spacial score (nSPS) is 20.5. The Morgan fingerprint density at radius 2 is 1.05 bits per heavy atom. The summed E-state index contributed by atoms with van der Waals surface area (Å²) in [6.07, 6.45) is 12.2. The number of aliphatic hydroxyl groups is 2. The Morgan fingerprint density at radius 1 is 0.652 bits per heavy atom. The molecule has 18 heteroatoms. The van der Waals surface area contributed by atoms with Crippen LogP contribution in [-0.2, 0) is 22.3 Å². The fourth-order valence-electron chi connectivity index (χ4n) is 9.82. The number of amides is 2. The Hall–Kier alpha value is -6.34. The SMILES string of the molecule is CC(C)(O)C[C@@]1(C)Cc2cc(NC(=O)c3cnn4cccnc34)c(N3CCOCC3)cc2O1.CC(C)(O)C[C@]1(C)Cc2cc(NC(=O)c3cnn4cccnc34)c(N3CCOCC3)cc2O1. The van der Waals surface area contributed by atoms with Crippen molar-refractivity contribution < 1.29 is 38.7 Å². The number of nitrogens with zero attached hydrogens (tertiary/aromatic N) is 8. The molecule has 0 bridgehead atoms. The second kappa shape index (κ2) is 17.5. The van der Waals surface area contributed by atoms with E-state index in [1.165, 1.54) is 12.4 Å². The molecule has 0 radical (unpaired) electrons. The summed E-state index contributed by atoms with van der Waals surface area (Å²) in [4.78, 5) is 39.4. The van der Waals surface area contributed by atoms with Gasteiger partial charge in [-0.1, -0.05) is 0 Å². The van der Waals surface area contributed by atoms with Crippen molar-refractivity contribution in [2.45, 2.75) is 89.6 Å². The van der Waals surface area contributed by atoms with E-state index in [2.05, 4.69) is 40.6 Å². The molecule has 0 unspecified atom stereocenters. The summed E-state index contributed by atoms with van der Waals surface area (Å²) >= 11 is 0. The Morgan fingerprint density at radius 3 is 1.42 bits per heavy atom. The minimum absolute atomic E-state index is 0.267. The molecule has 2 amide bonds. The molecule has 0 saturated carbocycles. The quantitative estimate of drug-likeness (QED) is 0.137. The van der Waals surface area contributed by atoms with Crippen molar-refractivity contribution in [3.8, 4) is 11.5 Å². The van der Waals surface area contributed by atoms with Crippen molar-refractivity contribution in [2.24, 2.45) is 0 Å². The lowest BCUT2D eigenvalue weighted by Gasteiger charge is -2.31. The van der Waals surface area contributed by atoms with Crippen LogP contribution >= 0.6 is 0 Å². The highest BCUT2D eigenvalue weighted by Crippen LogP contribution is 2.46. The predicted molar refractivity (Wildman–Crippen MR) is 248 cm³/mol. The van der Waals surface area contributed by atoms with Crippen LogP contribution in [0.4, 0.5) is 22.7 Å². The summed E-state index contributed by atoms with van der Waals surface area (Å²) in [6.45, 7) is 16.6. The van der Waals surface area contributed by atoms with Gasteiger partial charge in [0.1, 0.15) is 33.8 Å². The van der Waals surface area contributed by atoms with Gasteiger partial charge in [0, 0.05) is 99.9 Å². The molecule has 10 rings (SSSR count). The van der Waals surface area contributed by atoms with Gasteiger partial charge in [0.15, 0.2) is 11.3 Å². The summed E-state index contributed by atoms with van der Waals surface area (Å²) in [6, 6.07) is 11.5. The number of morpholine rings is 2. The zero-order chi connectivity index (χ0) is 46.4. The second-order valence-corrected chi connectivity index (χ2v) is 19.4. The van der Waals surface area contributed by atoms with Gasteiger partial charge in [-0.15, -0.1) is 0 Å². The lowest BCUT2D eigenvalue weighted by molar-refractivity contribution is -0.0103. The van der Waals surface area contributed by atoms with Gasteiger partial charge < -0.3 is 49.6 Å². The van der Waals surface area contributed by atoms with Gasteiger partial charge in [-0.25, -0.2) is 19.0 Å². The number of rotatable bonds is 10. The summed E-state index contributed by atoms with van der Waals surface area (Å²) in [5, 5.41) is 35.4. The summed E-state index contributed by atoms with van der Waals surface area (Å²) in [5.74, 6) is 1.05. The highest BCUT2D eigenvalue weighted by molar-refractivity contribution is 6.10. The number of carbonyl (C=O) groups is 2. The van der Waals surface area contributed by atoms with E-state index < -0.39 is 22.4 Å². The van der Waals surface area contributed by atoms with Gasteiger partial charge in [0.05, 0.1) is 72.8 Å². The smallest absolute Gasteiger partial charge is 0.261 e. The standard InChI is InChI=1S/2C24H29N5O4/c2*1-23(2,31)15-24(3)13-16-11-18(19(12-20(16)33-24)28-7-9-32-10-8-28)27-22(30)17-14-26-29-6-4-5-25-21(17)29/h2*4-6,11-12,14,31H,7-10,13,15H2,1-3H3,(H,27,30)/t2*24-/m10/s1. The molecule has 4 aromatic heterocycles. The van der Waals surface area contributed by atoms with Crippen molar-refractivity contribution in [2.75, 3.05) is 73.0 Å². The first-order chi connectivity index (χ1) is 31.4. The lowest BCUT2D eigenvalue weighted by atomic mass is 9.87. The molecule has 2 atom stereocenters. The number of hydrogen-bond donors (Lipinski definition) is 4. The number of ether oxygens (including phenoxy) is 4. The Balaban J connectivity index is 0.000000166. The maximum Gasteiger partial charge on any atom is 0.261 e. The van der Waals surface area contributed by atoms with Crippen molar-refractivity contribution in [3.63, 3.8) is 0 Å². The number of anilines is 4. The topological polar surface area (TPSA) is 202 Å². The number of carbonyl (C=O) groups excluding carboxylic acids is 2. The second-order valence-electron chi connectivity index (χ2n) is 19.4. The molecule has 0 aliphatic carbocycles. The molecule has 4 aliphatic rings. The van der Waals surface area contributed by atoms with Crippen LogP contribution in [0.1, 0.15) is 86.2 Å². The third-order valence-corrected chi connectivity index (χ3v) is 12.1. The molecule has 4 N–H and O–H groups in total. The average molecular weight is 903 g/mol. The van der Waals surface area contributed by atoms with Gasteiger partial charge >= 0.3 is 0 Å². The third kappa shape index (κ3) is 9.77. The molecule has 2 fully saturated rings. The molecule has 4 aliphatic heterocycles. The summed E-state index contributed by atoms with van der Waals surface area (Å²) < 4.78 is 26.9. The van der Waals surface area contributed by atoms with Crippen molar-refractivity contribution in [3.05, 3.63) is 95.8 Å². The number of aromatic nitrogens is 6. The van der Waals surface area contributed by atoms with E-state index in [0.29, 0.717) is 85.9 Å². The third-order valence-electron chi connectivity index (χ3n) is 12.1. The Kier molecular flexibility index (Phi) is 11.9. The average Bonchev–Trinajstić information content (AvgIpc) is 4.04. The molecular formula is C48H58N10O8. The van der Waals surface area contributed by atoms with E-state index in [-0.39, 0.29) is 11.8 Å². The highest BCUT2D eigenvalue weighted by Gasteiger charge is 2.41. The van der Waals surface area contributed by atoms with Crippen LogP contribution in [0.15, 0.2) is 73.6 Å². The largest absolute Gasteiger partial charge is 0.487 e. The number of hydrogen-bond acceptors (Lipinski definition) is 14. The molecular weight excluding hydrogens is 845 g/mol. The molecule has 18 nitrogen and oxygen atoms in total. The number of benzene rings is 2. The van der Waals surface area contributed by atoms with Gasteiger partial charge in [0.2, 0.25) is 0 Å². The van der Waals surface area contributed by atoms with Crippen LogP contribution in [0.3, 0.4) is 0 Å². The fourth-order valence-corrected chi connectivity index (χ4v) is 9.82. The highest BCUT2D eigenvalue weighted by atomic mass is 16.5.